The normalized spacial score (nSPS) is 24.5. The molecule has 2 unspecified atom stereocenters. The predicted molar refractivity (Wildman–Crippen MR) is 48.0 cm³/mol. The van der Waals surface area contributed by atoms with Crippen molar-refractivity contribution in [2.75, 3.05) is 13.2 Å². The van der Waals surface area contributed by atoms with Crippen molar-refractivity contribution in [2.24, 2.45) is 11.7 Å². The third-order valence-corrected chi connectivity index (χ3v) is 1.98. The van der Waals surface area contributed by atoms with Crippen LogP contribution in [-0.4, -0.2) is 30.2 Å². The summed E-state index contributed by atoms with van der Waals surface area (Å²) in [5.74, 6) is 0.103. The number of carbonyl (C=O) groups excluding carboxylic acids is 1. The highest BCUT2D eigenvalue weighted by atomic mass is 35.5. The van der Waals surface area contributed by atoms with Crippen molar-refractivity contribution in [2.45, 2.75) is 18.9 Å². The highest BCUT2D eigenvalue weighted by Gasteiger charge is 2.25. The van der Waals surface area contributed by atoms with Crippen LogP contribution in [0.2, 0.25) is 0 Å². The molecule has 0 aromatic carbocycles. The van der Waals surface area contributed by atoms with Crippen LogP contribution in [0.1, 0.15) is 12.8 Å². The van der Waals surface area contributed by atoms with Gasteiger partial charge in [-0.15, -0.1) is 12.4 Å². The molecule has 0 aromatic rings. The second-order valence-corrected chi connectivity index (χ2v) is 2.95. The van der Waals surface area contributed by atoms with E-state index in [-0.39, 0.29) is 36.9 Å². The Balaban J connectivity index is 0.00000121. The average Bonchev–Trinajstić information content (AvgIpc) is 2.37. The van der Waals surface area contributed by atoms with E-state index in [1.54, 1.807) is 0 Å². The number of nitrogens with two attached hydrogens (primary N) is 1. The first-order valence-corrected chi connectivity index (χ1v) is 3.88. The monoisotopic (exact) mass is 194 g/mol. The van der Waals surface area contributed by atoms with Gasteiger partial charge in [-0.1, -0.05) is 0 Å². The van der Waals surface area contributed by atoms with Gasteiger partial charge < -0.3 is 16.2 Å². The van der Waals surface area contributed by atoms with Crippen LogP contribution in [0.25, 0.3) is 0 Å². The van der Waals surface area contributed by atoms with Gasteiger partial charge in [-0.05, 0) is 12.8 Å². The number of nitrogens with one attached hydrogen (secondary N) is 1. The zero-order valence-electron chi connectivity index (χ0n) is 6.82. The van der Waals surface area contributed by atoms with E-state index in [1.165, 1.54) is 0 Å². The molecule has 1 saturated heterocycles. The van der Waals surface area contributed by atoms with Gasteiger partial charge >= 0.3 is 0 Å². The maximum absolute atomic E-state index is 11.0. The number of halogens is 1. The van der Waals surface area contributed by atoms with Crippen molar-refractivity contribution in [3.63, 3.8) is 0 Å². The average molecular weight is 195 g/mol. The molecular weight excluding hydrogens is 180 g/mol. The molecule has 0 aliphatic carbocycles. The van der Waals surface area contributed by atoms with Crippen LogP contribution in [0.15, 0.2) is 0 Å². The minimum absolute atomic E-state index is 0. The Bertz CT molecular complexity index is 154. The second-order valence-electron chi connectivity index (χ2n) is 2.95. The number of aliphatic hydroxyl groups is 1. The molecule has 0 aromatic heterocycles. The maximum atomic E-state index is 11.0. The number of aliphatic hydroxyl groups excluding tert-OH is 1. The molecule has 4 N–H and O–H groups in total. The zero-order valence-corrected chi connectivity index (χ0v) is 7.64. The molecule has 4 nitrogen and oxygen atoms in total. The molecule has 1 heterocycles. The highest BCUT2D eigenvalue weighted by Crippen LogP contribution is 2.14. The molecule has 1 aliphatic heterocycles. The molecule has 0 bridgehead atoms. The lowest BCUT2D eigenvalue weighted by molar-refractivity contribution is -0.122. The molecule has 1 fully saturated rings. The zero-order chi connectivity index (χ0) is 8.27. The minimum atomic E-state index is -0.246. The molecule has 2 atom stereocenters. The van der Waals surface area contributed by atoms with E-state index < -0.39 is 0 Å². The van der Waals surface area contributed by atoms with Gasteiger partial charge in [0.15, 0.2) is 0 Å². The van der Waals surface area contributed by atoms with Gasteiger partial charge in [0.2, 0.25) is 5.91 Å². The largest absolute Gasteiger partial charge is 0.395 e. The van der Waals surface area contributed by atoms with Crippen LogP contribution < -0.4 is 11.1 Å². The predicted octanol–water partition coefficient (Wildman–Crippen LogP) is -0.746. The van der Waals surface area contributed by atoms with E-state index in [1.807, 2.05) is 0 Å². The summed E-state index contributed by atoms with van der Waals surface area (Å²) in [6.07, 6.45) is 1.45. The topological polar surface area (TPSA) is 75.3 Å². The Kier molecular flexibility index (Phi) is 5.20. The molecular formula is C7H15ClN2O2. The SMILES string of the molecule is Cl.NC(CO)CC1CCNC1=O. The number of amides is 1. The molecule has 5 heteroatoms. The lowest BCUT2D eigenvalue weighted by Gasteiger charge is -2.10. The van der Waals surface area contributed by atoms with Crippen molar-refractivity contribution < 1.29 is 9.90 Å². The Labute approximate surface area is 77.9 Å². The highest BCUT2D eigenvalue weighted by molar-refractivity contribution is 5.85. The third kappa shape index (κ3) is 2.97. The minimum Gasteiger partial charge on any atom is -0.395 e. The molecule has 1 rings (SSSR count). The fraction of sp³-hybridized carbons (Fsp3) is 0.857. The van der Waals surface area contributed by atoms with Crippen LogP contribution >= 0.6 is 12.4 Å². The van der Waals surface area contributed by atoms with E-state index in [0.717, 1.165) is 13.0 Å². The van der Waals surface area contributed by atoms with Gasteiger partial charge in [0.1, 0.15) is 0 Å². The first kappa shape index (κ1) is 11.7. The first-order valence-electron chi connectivity index (χ1n) is 3.88. The fourth-order valence-electron chi connectivity index (χ4n) is 1.31. The standard InChI is InChI=1S/C7H14N2O2.ClH/c8-6(4-10)3-5-1-2-9-7(5)11;/h5-6,10H,1-4,8H2,(H,9,11);1H. The van der Waals surface area contributed by atoms with Crippen LogP contribution in [0, 0.1) is 5.92 Å². The Morgan fingerprint density at radius 3 is 2.83 bits per heavy atom. The summed E-state index contributed by atoms with van der Waals surface area (Å²) >= 11 is 0. The van der Waals surface area contributed by atoms with Crippen molar-refractivity contribution >= 4 is 18.3 Å². The number of carbonyl (C=O) groups is 1. The summed E-state index contributed by atoms with van der Waals surface area (Å²) in [5, 5.41) is 11.3. The molecule has 72 valence electrons. The van der Waals surface area contributed by atoms with Crippen LogP contribution in [0.4, 0.5) is 0 Å². The van der Waals surface area contributed by atoms with Gasteiger partial charge in [-0.2, -0.15) is 0 Å². The number of rotatable bonds is 3. The quantitative estimate of drug-likeness (QED) is 0.554. The smallest absolute Gasteiger partial charge is 0.223 e. The molecule has 1 aliphatic rings. The summed E-state index contributed by atoms with van der Waals surface area (Å²) in [7, 11) is 0. The molecule has 1 amide bonds. The van der Waals surface area contributed by atoms with Crippen LogP contribution in [0.5, 0.6) is 0 Å². The number of hydrogen-bond donors (Lipinski definition) is 3. The van der Waals surface area contributed by atoms with E-state index in [4.69, 9.17) is 10.8 Å². The molecule has 0 radical (unpaired) electrons. The Morgan fingerprint density at radius 1 is 1.75 bits per heavy atom. The van der Waals surface area contributed by atoms with Crippen LogP contribution in [-0.2, 0) is 4.79 Å². The van der Waals surface area contributed by atoms with Crippen molar-refractivity contribution in [1.29, 1.82) is 0 Å². The van der Waals surface area contributed by atoms with Gasteiger partial charge in [-0.25, -0.2) is 0 Å². The molecule has 0 saturated carbocycles. The summed E-state index contributed by atoms with van der Waals surface area (Å²) in [6.45, 7) is 0.714. The molecule has 0 spiro atoms. The van der Waals surface area contributed by atoms with Crippen LogP contribution in [0.3, 0.4) is 0 Å². The summed E-state index contributed by atoms with van der Waals surface area (Å²) in [6, 6.07) is -0.246. The maximum Gasteiger partial charge on any atom is 0.223 e. The van der Waals surface area contributed by atoms with Gasteiger partial charge in [0.25, 0.3) is 0 Å². The van der Waals surface area contributed by atoms with E-state index >= 15 is 0 Å². The second kappa shape index (κ2) is 5.35. The van der Waals surface area contributed by atoms with E-state index in [0.29, 0.717) is 6.42 Å². The lowest BCUT2D eigenvalue weighted by Crippen LogP contribution is -2.30. The Hall–Kier alpha value is -0.320. The first-order chi connectivity index (χ1) is 5.24. The van der Waals surface area contributed by atoms with E-state index in [2.05, 4.69) is 5.32 Å². The Morgan fingerprint density at radius 2 is 2.42 bits per heavy atom. The van der Waals surface area contributed by atoms with Gasteiger partial charge in [0, 0.05) is 18.5 Å². The van der Waals surface area contributed by atoms with Crippen molar-refractivity contribution in [3.05, 3.63) is 0 Å². The number of hydrogen-bond acceptors (Lipinski definition) is 3. The van der Waals surface area contributed by atoms with Crippen molar-refractivity contribution in [3.8, 4) is 0 Å². The fourth-order valence-corrected chi connectivity index (χ4v) is 1.31. The molecule has 12 heavy (non-hydrogen) atoms. The van der Waals surface area contributed by atoms with Gasteiger partial charge in [0.05, 0.1) is 6.61 Å². The van der Waals surface area contributed by atoms with Crippen molar-refractivity contribution in [1.82, 2.24) is 5.32 Å². The van der Waals surface area contributed by atoms with Gasteiger partial charge in [-0.3, -0.25) is 4.79 Å². The third-order valence-electron chi connectivity index (χ3n) is 1.98. The summed E-state index contributed by atoms with van der Waals surface area (Å²) < 4.78 is 0. The summed E-state index contributed by atoms with van der Waals surface area (Å²) in [5.41, 5.74) is 5.48. The lowest BCUT2D eigenvalue weighted by atomic mass is 9.99. The summed E-state index contributed by atoms with van der Waals surface area (Å²) in [4.78, 5) is 11.0. The van der Waals surface area contributed by atoms with E-state index in [9.17, 15) is 4.79 Å².